The highest BCUT2D eigenvalue weighted by molar-refractivity contribution is 5.88. The van der Waals surface area contributed by atoms with Gasteiger partial charge in [-0.1, -0.05) is 6.07 Å². The molecule has 1 saturated heterocycles. The highest BCUT2D eigenvalue weighted by Crippen LogP contribution is 2.34. The lowest BCUT2D eigenvalue weighted by Gasteiger charge is -2.29. The number of fused-ring (bicyclic) bond motifs is 4. The maximum Gasteiger partial charge on any atom is 0.410 e. The summed E-state index contributed by atoms with van der Waals surface area (Å²) in [4.78, 5) is 19.3. The third kappa shape index (κ3) is 2.08. The number of hydrogen-bond donors (Lipinski definition) is 1. The Bertz CT molecular complexity index is 735. The van der Waals surface area contributed by atoms with E-state index in [1.54, 1.807) is 0 Å². The number of aromatic amines is 1. The van der Waals surface area contributed by atoms with E-state index >= 15 is 0 Å². The van der Waals surface area contributed by atoms with Gasteiger partial charge in [0.25, 0.3) is 0 Å². The van der Waals surface area contributed by atoms with E-state index in [0.717, 1.165) is 19.4 Å². The molecule has 0 unspecified atom stereocenters. The number of cyclic esters (lactones) is 1. The molecule has 1 N–H and O–H groups in total. The summed E-state index contributed by atoms with van der Waals surface area (Å²) in [6, 6.07) is 4.58. The van der Waals surface area contributed by atoms with E-state index in [0.29, 0.717) is 13.2 Å². The van der Waals surface area contributed by atoms with Crippen LogP contribution in [0.5, 0.6) is 0 Å². The molecule has 2 aliphatic rings. The molecule has 1 aromatic heterocycles. The summed E-state index contributed by atoms with van der Waals surface area (Å²) >= 11 is 0. The second-order valence-corrected chi connectivity index (χ2v) is 6.56. The van der Waals surface area contributed by atoms with Crippen molar-refractivity contribution >= 4 is 17.0 Å². The molecule has 0 aliphatic carbocycles. The molecule has 22 heavy (non-hydrogen) atoms. The third-order valence-corrected chi connectivity index (χ3v) is 4.82. The van der Waals surface area contributed by atoms with Crippen molar-refractivity contribution in [3.63, 3.8) is 0 Å². The van der Waals surface area contributed by atoms with Crippen molar-refractivity contribution in [3.8, 4) is 0 Å². The van der Waals surface area contributed by atoms with Gasteiger partial charge in [0.2, 0.25) is 0 Å². The fraction of sp³-hybridized carbons (Fsp3) is 0.471. The molecule has 1 fully saturated rings. The molecule has 0 radical (unpaired) electrons. The zero-order valence-corrected chi connectivity index (χ0v) is 13.1. The zero-order chi connectivity index (χ0) is 15.3. The second kappa shape index (κ2) is 5.02. The number of rotatable bonds is 3. The van der Waals surface area contributed by atoms with Gasteiger partial charge in [-0.05, 0) is 49.7 Å². The number of nitrogens with zero attached hydrogens (tertiary/aromatic N) is 2. The molecule has 0 spiro atoms. The SMILES string of the molecule is CN(C)CCc1c[nH]c2ccc3c(c12)CN1C(=O)OC[C@H]1C3. The number of aromatic nitrogens is 1. The van der Waals surface area contributed by atoms with Crippen LogP contribution in [0.4, 0.5) is 4.79 Å². The first-order valence-corrected chi connectivity index (χ1v) is 7.82. The van der Waals surface area contributed by atoms with Crippen molar-refractivity contribution in [3.05, 3.63) is 35.0 Å². The Kier molecular flexibility index (Phi) is 3.11. The smallest absolute Gasteiger partial charge is 0.410 e. The van der Waals surface area contributed by atoms with Gasteiger partial charge in [0.05, 0.1) is 12.6 Å². The first-order valence-electron chi connectivity index (χ1n) is 7.82. The number of nitrogens with one attached hydrogen (secondary N) is 1. The predicted molar refractivity (Wildman–Crippen MR) is 84.9 cm³/mol. The van der Waals surface area contributed by atoms with Gasteiger partial charge in [-0.25, -0.2) is 4.79 Å². The van der Waals surface area contributed by atoms with Crippen LogP contribution in [0.1, 0.15) is 16.7 Å². The van der Waals surface area contributed by atoms with Crippen LogP contribution in [-0.2, 0) is 24.1 Å². The molecule has 5 nitrogen and oxygen atoms in total. The number of likely N-dealkylation sites (N-methyl/N-ethyl adjacent to an activating group) is 1. The molecule has 4 rings (SSSR count). The van der Waals surface area contributed by atoms with Crippen LogP contribution in [0, 0.1) is 0 Å². The molecular formula is C17H21N3O2. The van der Waals surface area contributed by atoms with Gasteiger partial charge in [0, 0.05) is 23.6 Å². The minimum atomic E-state index is -0.168. The fourth-order valence-electron chi connectivity index (χ4n) is 3.60. The molecule has 2 aliphatic heterocycles. The van der Waals surface area contributed by atoms with Crippen LogP contribution in [0.25, 0.3) is 10.9 Å². The predicted octanol–water partition coefficient (Wildman–Crippen LogP) is 2.15. The van der Waals surface area contributed by atoms with Gasteiger partial charge in [0.15, 0.2) is 0 Å². The number of carbonyl (C=O) groups is 1. The third-order valence-electron chi connectivity index (χ3n) is 4.82. The van der Waals surface area contributed by atoms with Crippen molar-refractivity contribution in [1.82, 2.24) is 14.8 Å². The van der Waals surface area contributed by atoms with E-state index in [1.807, 2.05) is 4.90 Å². The van der Waals surface area contributed by atoms with E-state index in [-0.39, 0.29) is 12.1 Å². The van der Waals surface area contributed by atoms with Gasteiger partial charge >= 0.3 is 6.09 Å². The van der Waals surface area contributed by atoms with Crippen LogP contribution in [-0.4, -0.2) is 54.2 Å². The first-order chi connectivity index (χ1) is 10.6. The summed E-state index contributed by atoms with van der Waals surface area (Å²) in [7, 11) is 4.18. The summed E-state index contributed by atoms with van der Waals surface area (Å²) in [6.07, 6.45) is 3.85. The first kappa shape index (κ1) is 13.6. The summed E-state index contributed by atoms with van der Waals surface area (Å²) in [5, 5.41) is 1.30. The fourth-order valence-corrected chi connectivity index (χ4v) is 3.60. The number of amides is 1. The highest BCUT2D eigenvalue weighted by Gasteiger charge is 2.37. The standard InChI is InChI=1S/C17H21N3O2/c1-19(2)6-5-12-8-18-15-4-3-11-7-13-10-22-17(21)20(13)9-14(11)16(12)15/h3-4,8,13,18H,5-7,9-10H2,1-2H3/t13-/m1/s1. The Morgan fingerprint density at radius 3 is 3.09 bits per heavy atom. The summed E-state index contributed by atoms with van der Waals surface area (Å²) < 4.78 is 5.21. The van der Waals surface area contributed by atoms with Gasteiger partial charge in [-0.3, -0.25) is 4.90 Å². The van der Waals surface area contributed by atoms with Gasteiger partial charge in [0.1, 0.15) is 6.61 Å². The summed E-state index contributed by atoms with van der Waals surface area (Å²) in [6.45, 7) is 2.21. The second-order valence-electron chi connectivity index (χ2n) is 6.56. The molecule has 0 saturated carbocycles. The molecule has 1 amide bonds. The molecule has 1 atom stereocenters. The largest absolute Gasteiger partial charge is 0.447 e. The minimum absolute atomic E-state index is 0.168. The molecule has 0 bridgehead atoms. The highest BCUT2D eigenvalue weighted by atomic mass is 16.6. The topological polar surface area (TPSA) is 48.6 Å². The van der Waals surface area contributed by atoms with Gasteiger partial charge in [-0.15, -0.1) is 0 Å². The monoisotopic (exact) mass is 299 g/mol. The lowest BCUT2D eigenvalue weighted by atomic mass is 9.91. The normalized spacial score (nSPS) is 20.4. The van der Waals surface area contributed by atoms with Crippen LogP contribution in [0.2, 0.25) is 0 Å². The molecule has 2 aromatic rings. The Morgan fingerprint density at radius 2 is 2.27 bits per heavy atom. The maximum absolute atomic E-state index is 11.9. The van der Waals surface area contributed by atoms with E-state index in [1.165, 1.54) is 27.6 Å². The average Bonchev–Trinajstić information content (AvgIpc) is 3.07. The van der Waals surface area contributed by atoms with Crippen molar-refractivity contribution in [2.75, 3.05) is 27.2 Å². The van der Waals surface area contributed by atoms with Crippen LogP contribution in [0.3, 0.4) is 0 Å². The quantitative estimate of drug-likeness (QED) is 0.945. The number of benzene rings is 1. The van der Waals surface area contributed by atoms with Crippen molar-refractivity contribution in [2.45, 2.75) is 25.4 Å². The van der Waals surface area contributed by atoms with Crippen molar-refractivity contribution in [1.29, 1.82) is 0 Å². The summed E-state index contributed by atoms with van der Waals surface area (Å²) in [5.41, 5.74) is 5.16. The van der Waals surface area contributed by atoms with E-state index < -0.39 is 0 Å². The summed E-state index contributed by atoms with van der Waals surface area (Å²) in [5.74, 6) is 0. The average molecular weight is 299 g/mol. The van der Waals surface area contributed by atoms with Gasteiger partial charge < -0.3 is 14.6 Å². The van der Waals surface area contributed by atoms with Gasteiger partial charge in [-0.2, -0.15) is 0 Å². The van der Waals surface area contributed by atoms with E-state index in [2.05, 4.69) is 42.3 Å². The zero-order valence-electron chi connectivity index (χ0n) is 13.1. The van der Waals surface area contributed by atoms with E-state index in [4.69, 9.17) is 4.74 Å². The Hall–Kier alpha value is -2.01. The molecular weight excluding hydrogens is 278 g/mol. The molecule has 1 aromatic carbocycles. The minimum Gasteiger partial charge on any atom is -0.447 e. The maximum atomic E-state index is 11.9. The lowest BCUT2D eigenvalue weighted by Crippen LogP contribution is -2.38. The van der Waals surface area contributed by atoms with Crippen LogP contribution < -0.4 is 0 Å². The Morgan fingerprint density at radius 1 is 1.41 bits per heavy atom. The Labute approximate surface area is 129 Å². The number of H-pyrrole nitrogens is 1. The van der Waals surface area contributed by atoms with Crippen molar-refractivity contribution in [2.24, 2.45) is 0 Å². The lowest BCUT2D eigenvalue weighted by molar-refractivity contribution is 0.155. The number of hydrogen-bond acceptors (Lipinski definition) is 3. The Balaban J connectivity index is 1.77. The molecule has 3 heterocycles. The molecule has 116 valence electrons. The van der Waals surface area contributed by atoms with E-state index in [9.17, 15) is 4.79 Å². The van der Waals surface area contributed by atoms with Crippen LogP contribution >= 0.6 is 0 Å². The number of carbonyl (C=O) groups excluding carboxylic acids is 1. The molecule has 5 heteroatoms. The number of ether oxygens (including phenoxy) is 1. The van der Waals surface area contributed by atoms with Crippen molar-refractivity contribution < 1.29 is 9.53 Å². The van der Waals surface area contributed by atoms with Crippen LogP contribution in [0.15, 0.2) is 18.3 Å².